The van der Waals surface area contributed by atoms with Crippen molar-refractivity contribution < 1.29 is 4.79 Å². The number of aromatic nitrogens is 3. The molecule has 0 aromatic carbocycles. The Hall–Kier alpha value is -1.65. The Labute approximate surface area is 132 Å². The lowest BCUT2D eigenvalue weighted by atomic mass is 10.1. The summed E-state index contributed by atoms with van der Waals surface area (Å²) in [5, 5.41) is 11.5. The molecule has 1 N–H and O–H groups in total. The van der Waals surface area contributed by atoms with Crippen LogP contribution in [0.5, 0.6) is 0 Å². The number of allylic oxidation sites excluding steroid dienone is 2. The summed E-state index contributed by atoms with van der Waals surface area (Å²) in [6.45, 7) is 9.97. The zero-order valence-corrected chi connectivity index (χ0v) is 14.0. The minimum atomic E-state index is 0.0611. The van der Waals surface area contributed by atoms with Crippen molar-refractivity contribution >= 4 is 5.91 Å². The predicted molar refractivity (Wildman–Crippen MR) is 85.0 cm³/mol. The van der Waals surface area contributed by atoms with E-state index < -0.39 is 0 Å². The van der Waals surface area contributed by atoms with Crippen molar-refractivity contribution in [2.45, 2.75) is 60.0 Å². The highest BCUT2D eigenvalue weighted by molar-refractivity contribution is 5.83. The van der Waals surface area contributed by atoms with E-state index in [1.54, 1.807) is 0 Å². The summed E-state index contributed by atoms with van der Waals surface area (Å²) in [5.41, 5.74) is 1.34. The Morgan fingerprint density at radius 3 is 2.86 bits per heavy atom. The Morgan fingerprint density at radius 2 is 2.14 bits per heavy atom. The maximum atomic E-state index is 12.5. The molecule has 0 bridgehead atoms. The van der Waals surface area contributed by atoms with E-state index in [4.69, 9.17) is 0 Å². The van der Waals surface area contributed by atoms with Crippen LogP contribution in [0, 0.1) is 17.3 Å². The van der Waals surface area contributed by atoms with E-state index in [2.05, 4.69) is 53.9 Å². The highest BCUT2D eigenvalue weighted by atomic mass is 16.2. The quantitative estimate of drug-likeness (QED) is 0.869. The molecule has 2 atom stereocenters. The van der Waals surface area contributed by atoms with Gasteiger partial charge in [-0.1, -0.05) is 25.5 Å². The molecule has 1 amide bonds. The van der Waals surface area contributed by atoms with Gasteiger partial charge >= 0.3 is 0 Å². The van der Waals surface area contributed by atoms with Gasteiger partial charge in [-0.3, -0.25) is 4.79 Å². The van der Waals surface area contributed by atoms with Gasteiger partial charge in [-0.25, -0.2) is 0 Å². The van der Waals surface area contributed by atoms with Gasteiger partial charge in [0.25, 0.3) is 0 Å². The summed E-state index contributed by atoms with van der Waals surface area (Å²) in [7, 11) is 0. The second kappa shape index (κ2) is 5.52. The van der Waals surface area contributed by atoms with Crippen molar-refractivity contribution in [3.8, 4) is 0 Å². The molecule has 22 heavy (non-hydrogen) atoms. The van der Waals surface area contributed by atoms with Crippen LogP contribution in [0.2, 0.25) is 0 Å². The van der Waals surface area contributed by atoms with Gasteiger partial charge in [-0.2, -0.15) is 0 Å². The smallest absolute Gasteiger partial charge is 0.224 e. The first-order valence-corrected chi connectivity index (χ1v) is 8.25. The maximum absolute atomic E-state index is 12.5. The van der Waals surface area contributed by atoms with E-state index in [0.29, 0.717) is 12.5 Å². The van der Waals surface area contributed by atoms with E-state index in [0.717, 1.165) is 24.6 Å². The standard InChI is InChI=1S/C17H26N4O/c1-11(2)9-12-15(17(12,3)4)16(22)18-10-14-20-19-13-7-5-6-8-21(13)14/h9,12,15H,5-8,10H2,1-4H3,(H,18,22). The molecule has 1 aliphatic carbocycles. The second-order valence-corrected chi connectivity index (χ2v) is 7.43. The van der Waals surface area contributed by atoms with Crippen LogP contribution in [0.4, 0.5) is 0 Å². The van der Waals surface area contributed by atoms with Crippen LogP contribution in [-0.2, 0) is 24.3 Å². The van der Waals surface area contributed by atoms with Crippen molar-refractivity contribution in [3.63, 3.8) is 0 Å². The molecule has 5 heteroatoms. The van der Waals surface area contributed by atoms with Crippen molar-refractivity contribution in [2.24, 2.45) is 17.3 Å². The zero-order chi connectivity index (χ0) is 15.9. The van der Waals surface area contributed by atoms with E-state index in [1.165, 1.54) is 18.4 Å². The largest absolute Gasteiger partial charge is 0.349 e. The maximum Gasteiger partial charge on any atom is 0.224 e. The van der Waals surface area contributed by atoms with Crippen LogP contribution in [0.1, 0.15) is 52.2 Å². The number of nitrogens with one attached hydrogen (secondary N) is 1. The average molecular weight is 302 g/mol. The second-order valence-electron chi connectivity index (χ2n) is 7.43. The van der Waals surface area contributed by atoms with E-state index in [1.807, 2.05) is 0 Å². The summed E-state index contributed by atoms with van der Waals surface area (Å²) in [6, 6.07) is 0. The summed E-state index contributed by atoms with van der Waals surface area (Å²) >= 11 is 0. The summed E-state index contributed by atoms with van der Waals surface area (Å²) in [4.78, 5) is 12.5. The monoisotopic (exact) mass is 302 g/mol. The van der Waals surface area contributed by atoms with Gasteiger partial charge in [-0.15, -0.1) is 10.2 Å². The van der Waals surface area contributed by atoms with Gasteiger partial charge in [0.15, 0.2) is 5.82 Å². The molecular weight excluding hydrogens is 276 g/mol. The topological polar surface area (TPSA) is 59.8 Å². The summed E-state index contributed by atoms with van der Waals surface area (Å²) in [6.07, 6.45) is 5.58. The molecule has 5 nitrogen and oxygen atoms in total. The number of carbonyl (C=O) groups is 1. The van der Waals surface area contributed by atoms with Crippen LogP contribution >= 0.6 is 0 Å². The fraction of sp³-hybridized carbons (Fsp3) is 0.706. The first kappa shape index (κ1) is 15.3. The fourth-order valence-corrected chi connectivity index (χ4v) is 3.62. The first-order chi connectivity index (χ1) is 10.4. The van der Waals surface area contributed by atoms with Gasteiger partial charge in [0.2, 0.25) is 5.91 Å². The minimum absolute atomic E-state index is 0.0611. The molecule has 1 aromatic heterocycles. The average Bonchev–Trinajstić information content (AvgIpc) is 2.83. The van der Waals surface area contributed by atoms with Crippen LogP contribution in [0.15, 0.2) is 11.6 Å². The number of carbonyl (C=O) groups excluding carboxylic acids is 1. The first-order valence-electron chi connectivity index (χ1n) is 8.25. The Balaban J connectivity index is 1.62. The lowest BCUT2D eigenvalue weighted by Gasteiger charge is -2.15. The van der Waals surface area contributed by atoms with Gasteiger partial charge < -0.3 is 9.88 Å². The van der Waals surface area contributed by atoms with Gasteiger partial charge in [0.05, 0.1) is 12.5 Å². The number of hydrogen-bond donors (Lipinski definition) is 1. The SMILES string of the molecule is CC(C)=CC1C(C(=O)NCc2nnc3n2CCCC3)C1(C)C. The van der Waals surface area contributed by atoms with Crippen molar-refractivity contribution in [3.05, 3.63) is 23.3 Å². The normalized spacial score (nSPS) is 25.3. The highest BCUT2D eigenvalue weighted by Gasteiger charge is 2.60. The van der Waals surface area contributed by atoms with Crippen LogP contribution < -0.4 is 5.32 Å². The molecule has 3 rings (SSSR count). The van der Waals surface area contributed by atoms with E-state index >= 15 is 0 Å². The van der Waals surface area contributed by atoms with E-state index in [9.17, 15) is 4.79 Å². The molecule has 1 fully saturated rings. The minimum Gasteiger partial charge on any atom is -0.349 e. The van der Waals surface area contributed by atoms with Crippen molar-refractivity contribution in [1.29, 1.82) is 0 Å². The lowest BCUT2D eigenvalue weighted by molar-refractivity contribution is -0.123. The van der Waals surface area contributed by atoms with Crippen molar-refractivity contribution in [2.75, 3.05) is 0 Å². The number of fused-ring (bicyclic) bond motifs is 1. The Bertz CT molecular complexity index is 610. The zero-order valence-electron chi connectivity index (χ0n) is 14.0. The Kier molecular flexibility index (Phi) is 3.83. The molecule has 1 aromatic rings. The molecule has 1 aliphatic heterocycles. The third-order valence-electron chi connectivity index (χ3n) is 5.06. The number of hydrogen-bond acceptors (Lipinski definition) is 3. The number of rotatable bonds is 4. The predicted octanol–water partition coefficient (Wildman–Crippen LogP) is 2.47. The molecule has 120 valence electrons. The van der Waals surface area contributed by atoms with Crippen LogP contribution in [0.3, 0.4) is 0 Å². The molecule has 1 saturated carbocycles. The third kappa shape index (κ3) is 2.69. The summed E-state index contributed by atoms with van der Waals surface area (Å²) < 4.78 is 2.16. The van der Waals surface area contributed by atoms with Gasteiger partial charge in [-0.05, 0) is 38.0 Å². The molecule has 0 radical (unpaired) electrons. The summed E-state index contributed by atoms with van der Waals surface area (Å²) in [5.74, 6) is 2.52. The molecule has 2 heterocycles. The molecule has 0 spiro atoms. The Morgan fingerprint density at radius 1 is 1.36 bits per heavy atom. The van der Waals surface area contributed by atoms with Crippen molar-refractivity contribution in [1.82, 2.24) is 20.1 Å². The molecule has 2 unspecified atom stereocenters. The lowest BCUT2D eigenvalue weighted by Crippen LogP contribution is -2.28. The number of aryl methyl sites for hydroxylation is 1. The van der Waals surface area contributed by atoms with Gasteiger partial charge in [0, 0.05) is 13.0 Å². The van der Waals surface area contributed by atoms with Crippen LogP contribution in [-0.4, -0.2) is 20.7 Å². The third-order valence-corrected chi connectivity index (χ3v) is 5.06. The van der Waals surface area contributed by atoms with Crippen LogP contribution in [0.25, 0.3) is 0 Å². The fourth-order valence-electron chi connectivity index (χ4n) is 3.62. The highest BCUT2D eigenvalue weighted by Crippen LogP contribution is 2.59. The molecule has 2 aliphatic rings. The number of amides is 1. The molecular formula is C17H26N4O. The van der Waals surface area contributed by atoms with Gasteiger partial charge in [0.1, 0.15) is 5.82 Å². The number of nitrogens with zero attached hydrogens (tertiary/aromatic N) is 3. The molecule has 0 saturated heterocycles. The van der Waals surface area contributed by atoms with E-state index in [-0.39, 0.29) is 17.2 Å².